The van der Waals surface area contributed by atoms with Crippen molar-refractivity contribution in [2.45, 2.75) is 110 Å². The van der Waals surface area contributed by atoms with Gasteiger partial charge in [-0.15, -0.1) is 0 Å². The van der Waals surface area contributed by atoms with Crippen LogP contribution in [-0.2, 0) is 9.53 Å². The Hall–Kier alpha value is -1.71. The van der Waals surface area contributed by atoms with Crippen molar-refractivity contribution in [2.24, 2.45) is 17.8 Å². The molecule has 1 aromatic carbocycles. The quantitative estimate of drug-likeness (QED) is 0.293. The molecule has 2 heterocycles. The van der Waals surface area contributed by atoms with Crippen LogP contribution in [0.1, 0.15) is 110 Å². The van der Waals surface area contributed by atoms with Crippen molar-refractivity contribution in [1.29, 1.82) is 0 Å². The normalized spacial score (nSPS) is 23.8. The van der Waals surface area contributed by atoms with Crippen molar-refractivity contribution in [3.05, 3.63) is 23.8 Å². The molecule has 4 heteroatoms. The lowest BCUT2D eigenvalue weighted by Gasteiger charge is -2.45. The highest BCUT2D eigenvalue weighted by Gasteiger charge is 2.48. The molecule has 0 aromatic heterocycles. The maximum absolute atomic E-state index is 12.3. The highest BCUT2D eigenvalue weighted by Crippen LogP contribution is 2.49. The lowest BCUT2D eigenvalue weighted by Crippen LogP contribution is -2.48. The number of carbonyl (C=O) groups is 1. The first-order valence-corrected chi connectivity index (χ1v) is 12.9. The smallest absolute Gasteiger partial charge is 0.310 e. The van der Waals surface area contributed by atoms with E-state index >= 15 is 0 Å². The third kappa shape index (κ3) is 6.89. The van der Waals surface area contributed by atoms with Gasteiger partial charge in [0.1, 0.15) is 23.2 Å². The number of carbonyl (C=O) groups excluding carboxylic acids is 1. The van der Waals surface area contributed by atoms with Crippen LogP contribution in [0.4, 0.5) is 0 Å². The predicted octanol–water partition coefficient (Wildman–Crippen LogP) is 7.64. The van der Waals surface area contributed by atoms with Crippen LogP contribution in [0.3, 0.4) is 0 Å². The molecule has 3 rings (SSSR count). The summed E-state index contributed by atoms with van der Waals surface area (Å²) in [5.41, 5.74) is 0.524. The van der Waals surface area contributed by atoms with E-state index in [0.717, 1.165) is 54.1 Å². The van der Waals surface area contributed by atoms with Crippen molar-refractivity contribution in [3.63, 3.8) is 0 Å². The van der Waals surface area contributed by atoms with Crippen LogP contribution in [0.2, 0.25) is 0 Å². The molecule has 0 spiro atoms. The van der Waals surface area contributed by atoms with E-state index < -0.39 is 5.60 Å². The largest absolute Gasteiger partial charge is 0.497 e. The van der Waals surface area contributed by atoms with E-state index in [1.165, 1.54) is 44.9 Å². The number of hydrogen-bond acceptors (Lipinski definition) is 4. The minimum Gasteiger partial charge on any atom is -0.497 e. The molecule has 180 valence electrons. The van der Waals surface area contributed by atoms with Crippen molar-refractivity contribution in [1.82, 2.24) is 0 Å². The molecule has 0 N–H and O–H groups in total. The molecule has 1 saturated heterocycles. The molecule has 0 unspecified atom stereocenters. The zero-order chi connectivity index (χ0) is 23.1. The first kappa shape index (κ1) is 24.9. The number of hydrogen-bond donors (Lipinski definition) is 0. The minimum atomic E-state index is -0.410. The first-order chi connectivity index (χ1) is 15.3. The van der Waals surface area contributed by atoms with E-state index in [9.17, 15) is 4.79 Å². The Kier molecular flexibility index (Phi) is 8.90. The van der Waals surface area contributed by atoms with E-state index in [1.807, 2.05) is 18.2 Å². The summed E-state index contributed by atoms with van der Waals surface area (Å²) < 4.78 is 17.5. The summed E-state index contributed by atoms with van der Waals surface area (Å²) in [7, 11) is 1.65. The molecule has 32 heavy (non-hydrogen) atoms. The predicted molar refractivity (Wildman–Crippen MR) is 129 cm³/mol. The van der Waals surface area contributed by atoms with Crippen molar-refractivity contribution in [2.75, 3.05) is 7.11 Å². The van der Waals surface area contributed by atoms with Crippen LogP contribution in [0.5, 0.6) is 11.5 Å². The minimum absolute atomic E-state index is 0.144. The zero-order valence-electron chi connectivity index (χ0n) is 21.0. The maximum atomic E-state index is 12.3. The molecule has 2 aliphatic rings. The summed E-state index contributed by atoms with van der Waals surface area (Å²) in [6.45, 7) is 9.42. The number of benzene rings is 1. The van der Waals surface area contributed by atoms with Gasteiger partial charge in [-0.1, -0.05) is 72.6 Å². The van der Waals surface area contributed by atoms with Gasteiger partial charge in [-0.05, 0) is 48.8 Å². The van der Waals surface area contributed by atoms with Crippen LogP contribution in [0, 0.1) is 17.8 Å². The molecule has 1 aromatic rings. The molecule has 0 saturated carbocycles. The number of fused-ring (bicyclic) bond motifs is 4. The fraction of sp³-hybridized carbons (Fsp3) is 0.750. The topological polar surface area (TPSA) is 44.8 Å². The molecule has 2 bridgehead atoms. The van der Waals surface area contributed by atoms with E-state index in [4.69, 9.17) is 14.2 Å². The number of esters is 1. The molecular weight excluding hydrogens is 400 g/mol. The average molecular weight is 445 g/mol. The summed E-state index contributed by atoms with van der Waals surface area (Å²) in [5, 5.41) is 0. The van der Waals surface area contributed by atoms with Gasteiger partial charge in [-0.2, -0.15) is 0 Å². The molecule has 1 fully saturated rings. The summed E-state index contributed by atoms with van der Waals surface area (Å²) in [6, 6.07) is 5.81. The Morgan fingerprint density at radius 1 is 1.00 bits per heavy atom. The summed E-state index contributed by atoms with van der Waals surface area (Å²) in [5.74, 6) is 3.86. The fourth-order valence-corrected chi connectivity index (χ4v) is 5.39. The molecule has 0 amide bonds. The zero-order valence-corrected chi connectivity index (χ0v) is 21.0. The lowest BCUT2D eigenvalue weighted by molar-refractivity contribution is -0.173. The standard InChI is InChI=1S/C28H44O4/c1-20(2)9-6-10-21(3)11-7-12-22(4)13-8-16-28-18-26(31-27(29)19-28)24-17-23(30-5)14-15-25(24)32-28/h14-15,17,20-22,26H,6-13,16,18-19H2,1-5H3/t21-,22-,26-,28-/m0/s1. The van der Waals surface area contributed by atoms with Crippen LogP contribution < -0.4 is 9.47 Å². The number of rotatable bonds is 13. The second kappa shape index (κ2) is 11.4. The third-order valence-corrected chi connectivity index (χ3v) is 7.39. The van der Waals surface area contributed by atoms with Crippen LogP contribution in [0.15, 0.2) is 18.2 Å². The number of ether oxygens (including phenoxy) is 3. The lowest BCUT2D eigenvalue weighted by atomic mass is 9.80. The molecule has 4 atom stereocenters. The Morgan fingerprint density at radius 2 is 1.66 bits per heavy atom. The molecular formula is C28H44O4. The van der Waals surface area contributed by atoms with Gasteiger partial charge in [-0.3, -0.25) is 4.79 Å². The van der Waals surface area contributed by atoms with E-state index in [2.05, 4.69) is 27.7 Å². The van der Waals surface area contributed by atoms with E-state index in [1.54, 1.807) is 7.11 Å². The number of methoxy groups -OCH3 is 1. The first-order valence-electron chi connectivity index (χ1n) is 12.9. The Bertz CT molecular complexity index is 743. The monoisotopic (exact) mass is 444 g/mol. The van der Waals surface area contributed by atoms with Gasteiger partial charge in [0.2, 0.25) is 0 Å². The van der Waals surface area contributed by atoms with Crippen molar-refractivity contribution < 1.29 is 19.0 Å². The third-order valence-electron chi connectivity index (χ3n) is 7.39. The van der Waals surface area contributed by atoms with Crippen LogP contribution >= 0.6 is 0 Å². The summed E-state index contributed by atoms with van der Waals surface area (Å²) in [6.07, 6.45) is 12.2. The Labute approximate surface area is 195 Å². The molecule has 0 radical (unpaired) electrons. The molecule has 4 nitrogen and oxygen atoms in total. The van der Waals surface area contributed by atoms with E-state index in [0.29, 0.717) is 6.42 Å². The van der Waals surface area contributed by atoms with Gasteiger partial charge in [0.05, 0.1) is 13.5 Å². The van der Waals surface area contributed by atoms with E-state index in [-0.39, 0.29) is 12.1 Å². The second-order valence-corrected chi connectivity index (χ2v) is 10.9. The fourth-order valence-electron chi connectivity index (χ4n) is 5.39. The van der Waals surface area contributed by atoms with Crippen LogP contribution in [-0.4, -0.2) is 18.7 Å². The highest BCUT2D eigenvalue weighted by atomic mass is 16.6. The van der Waals surface area contributed by atoms with Gasteiger partial charge in [0, 0.05) is 12.0 Å². The summed E-state index contributed by atoms with van der Waals surface area (Å²) >= 11 is 0. The van der Waals surface area contributed by atoms with Gasteiger partial charge in [-0.25, -0.2) is 0 Å². The Balaban J connectivity index is 1.43. The SMILES string of the molecule is COc1ccc2c(c1)[C@@H]1C[C@@](CCC[C@@H](C)CCC[C@@H](C)CCCC(C)C)(CC(=O)O1)O2. The van der Waals surface area contributed by atoms with Gasteiger partial charge in [0.15, 0.2) is 0 Å². The van der Waals surface area contributed by atoms with Crippen molar-refractivity contribution in [3.8, 4) is 11.5 Å². The van der Waals surface area contributed by atoms with Gasteiger partial charge >= 0.3 is 5.97 Å². The second-order valence-electron chi connectivity index (χ2n) is 10.9. The Morgan fingerprint density at radius 3 is 2.31 bits per heavy atom. The molecule has 0 aliphatic carbocycles. The highest BCUT2D eigenvalue weighted by molar-refractivity contribution is 5.73. The van der Waals surface area contributed by atoms with Crippen LogP contribution in [0.25, 0.3) is 0 Å². The van der Waals surface area contributed by atoms with Crippen molar-refractivity contribution >= 4 is 5.97 Å². The van der Waals surface area contributed by atoms with Gasteiger partial charge < -0.3 is 14.2 Å². The molecule has 2 aliphatic heterocycles. The average Bonchev–Trinajstić information content (AvgIpc) is 2.73. The maximum Gasteiger partial charge on any atom is 0.310 e. The summed E-state index contributed by atoms with van der Waals surface area (Å²) in [4.78, 5) is 12.3. The van der Waals surface area contributed by atoms with Gasteiger partial charge in [0.25, 0.3) is 0 Å².